The van der Waals surface area contributed by atoms with Gasteiger partial charge in [-0.05, 0) is 13.0 Å². The Bertz CT molecular complexity index is 182. The second-order valence-corrected chi connectivity index (χ2v) is 5.12. The fourth-order valence-electron chi connectivity index (χ4n) is 1.21. The molecule has 14 heavy (non-hydrogen) atoms. The number of carbonyl (C=O) groups is 1. The van der Waals surface area contributed by atoms with Crippen LogP contribution in [0.15, 0.2) is 0 Å². The molecule has 1 atom stereocenters. The van der Waals surface area contributed by atoms with Crippen LogP contribution in [0.25, 0.3) is 0 Å². The van der Waals surface area contributed by atoms with Crippen molar-refractivity contribution >= 4 is 5.78 Å². The molecule has 0 unspecified atom stereocenters. The summed E-state index contributed by atoms with van der Waals surface area (Å²) >= 11 is 0. The molecular weight excluding hydrogens is 176 g/mol. The third-order valence-corrected chi connectivity index (χ3v) is 2.08. The molecule has 0 aromatic rings. The summed E-state index contributed by atoms with van der Waals surface area (Å²) < 4.78 is 0. The van der Waals surface area contributed by atoms with Crippen molar-refractivity contribution in [3.63, 3.8) is 0 Å². The summed E-state index contributed by atoms with van der Waals surface area (Å²) in [5.74, 6) is 0.142. The molecule has 3 nitrogen and oxygen atoms in total. The van der Waals surface area contributed by atoms with Crippen LogP contribution in [0.5, 0.6) is 0 Å². The summed E-state index contributed by atoms with van der Waals surface area (Å²) in [6.07, 6.45) is 0.717. The van der Waals surface area contributed by atoms with E-state index in [9.17, 15) is 4.79 Å². The van der Waals surface area contributed by atoms with Gasteiger partial charge >= 0.3 is 0 Å². The van der Waals surface area contributed by atoms with E-state index in [0.717, 1.165) is 6.54 Å². The molecule has 0 aliphatic heterocycles. The third-order valence-electron chi connectivity index (χ3n) is 2.08. The minimum absolute atomic E-state index is 0.142. The average Bonchev–Trinajstić information content (AvgIpc) is 2.00. The summed E-state index contributed by atoms with van der Waals surface area (Å²) in [5, 5.41) is 3.25. The van der Waals surface area contributed by atoms with Crippen molar-refractivity contribution in [2.75, 3.05) is 6.54 Å². The molecule has 0 fully saturated rings. The van der Waals surface area contributed by atoms with Gasteiger partial charge in [-0.1, -0.05) is 34.6 Å². The minimum atomic E-state index is -0.332. The molecule has 0 bridgehead atoms. The Morgan fingerprint density at radius 1 is 1.36 bits per heavy atom. The van der Waals surface area contributed by atoms with Crippen LogP contribution in [0.3, 0.4) is 0 Å². The molecule has 84 valence electrons. The maximum Gasteiger partial charge on any atom is 0.154 e. The molecule has 0 saturated carbocycles. The zero-order chi connectivity index (χ0) is 11.4. The monoisotopic (exact) mass is 200 g/mol. The highest BCUT2D eigenvalue weighted by molar-refractivity contribution is 5.88. The van der Waals surface area contributed by atoms with Gasteiger partial charge in [0.2, 0.25) is 0 Å². The SMILES string of the molecule is CC(C)NCC[C@H](N)C(=O)C(C)(C)C. The fraction of sp³-hybridized carbons (Fsp3) is 0.909. The number of Topliss-reactive ketones (excluding diaryl/α,β-unsaturated/α-hetero) is 1. The quantitative estimate of drug-likeness (QED) is 0.703. The van der Waals surface area contributed by atoms with Crippen molar-refractivity contribution < 1.29 is 4.79 Å². The molecule has 3 N–H and O–H groups in total. The first-order chi connectivity index (χ1) is 6.25. The van der Waals surface area contributed by atoms with Crippen LogP contribution in [0.2, 0.25) is 0 Å². The highest BCUT2D eigenvalue weighted by Gasteiger charge is 2.26. The van der Waals surface area contributed by atoms with Gasteiger partial charge in [0.05, 0.1) is 6.04 Å². The Kier molecular flexibility index (Phi) is 5.31. The zero-order valence-corrected chi connectivity index (χ0v) is 10.1. The van der Waals surface area contributed by atoms with E-state index in [1.165, 1.54) is 0 Å². The van der Waals surface area contributed by atoms with Crippen LogP contribution in [-0.4, -0.2) is 24.4 Å². The first-order valence-corrected chi connectivity index (χ1v) is 5.28. The molecule has 0 spiro atoms. The Balaban J connectivity index is 3.86. The van der Waals surface area contributed by atoms with E-state index in [1.807, 2.05) is 20.8 Å². The lowest BCUT2D eigenvalue weighted by molar-refractivity contribution is -0.127. The summed E-state index contributed by atoms with van der Waals surface area (Å²) in [6, 6.07) is 0.119. The second-order valence-electron chi connectivity index (χ2n) is 5.12. The van der Waals surface area contributed by atoms with Gasteiger partial charge in [0.1, 0.15) is 0 Å². The molecule has 0 rings (SSSR count). The van der Waals surface area contributed by atoms with Crippen molar-refractivity contribution in [2.45, 2.75) is 53.1 Å². The third kappa shape index (κ3) is 5.35. The summed E-state index contributed by atoms with van der Waals surface area (Å²) in [7, 11) is 0. The second kappa shape index (κ2) is 5.47. The lowest BCUT2D eigenvalue weighted by Crippen LogP contribution is -2.41. The van der Waals surface area contributed by atoms with Crippen molar-refractivity contribution in [1.29, 1.82) is 0 Å². The Morgan fingerprint density at radius 2 is 1.86 bits per heavy atom. The molecule has 0 aromatic carbocycles. The first kappa shape index (κ1) is 13.6. The molecule has 0 amide bonds. The fourth-order valence-corrected chi connectivity index (χ4v) is 1.21. The van der Waals surface area contributed by atoms with Gasteiger partial charge in [-0.3, -0.25) is 4.79 Å². The maximum atomic E-state index is 11.7. The molecule has 0 aromatic heterocycles. The molecule has 0 heterocycles. The smallest absolute Gasteiger partial charge is 0.154 e. The first-order valence-electron chi connectivity index (χ1n) is 5.28. The standard InChI is InChI=1S/C11H24N2O/c1-8(2)13-7-6-9(12)10(14)11(3,4)5/h8-9,13H,6-7,12H2,1-5H3/t9-/m0/s1. The molecule has 0 radical (unpaired) electrons. The number of carbonyl (C=O) groups excluding carboxylic acids is 1. The lowest BCUT2D eigenvalue weighted by atomic mass is 9.86. The number of rotatable bonds is 5. The largest absolute Gasteiger partial charge is 0.321 e. The summed E-state index contributed by atoms with van der Waals surface area (Å²) in [4.78, 5) is 11.7. The summed E-state index contributed by atoms with van der Waals surface area (Å²) in [5.41, 5.74) is 5.48. The Hall–Kier alpha value is -0.410. The maximum absolute atomic E-state index is 11.7. The number of nitrogens with two attached hydrogens (primary N) is 1. The predicted octanol–water partition coefficient (Wildman–Crippen LogP) is 1.32. The Morgan fingerprint density at radius 3 is 2.21 bits per heavy atom. The van der Waals surface area contributed by atoms with E-state index in [1.54, 1.807) is 0 Å². The van der Waals surface area contributed by atoms with Gasteiger partial charge in [0.15, 0.2) is 5.78 Å². The van der Waals surface area contributed by atoms with Crippen molar-refractivity contribution in [3.05, 3.63) is 0 Å². The van der Waals surface area contributed by atoms with Gasteiger partial charge < -0.3 is 11.1 Å². The van der Waals surface area contributed by atoms with Crippen LogP contribution < -0.4 is 11.1 Å². The van der Waals surface area contributed by atoms with E-state index in [2.05, 4.69) is 19.2 Å². The lowest BCUT2D eigenvalue weighted by Gasteiger charge is -2.22. The molecule has 0 aliphatic carbocycles. The number of hydrogen-bond donors (Lipinski definition) is 2. The number of hydrogen-bond acceptors (Lipinski definition) is 3. The van der Waals surface area contributed by atoms with E-state index in [-0.39, 0.29) is 17.2 Å². The van der Waals surface area contributed by atoms with Crippen LogP contribution in [-0.2, 0) is 4.79 Å². The molecule has 0 aliphatic rings. The van der Waals surface area contributed by atoms with E-state index in [4.69, 9.17) is 5.73 Å². The van der Waals surface area contributed by atoms with Gasteiger partial charge in [0, 0.05) is 11.5 Å². The van der Waals surface area contributed by atoms with Crippen LogP contribution in [0, 0.1) is 5.41 Å². The topological polar surface area (TPSA) is 55.1 Å². The normalized spacial score (nSPS) is 14.5. The van der Waals surface area contributed by atoms with Crippen molar-refractivity contribution in [2.24, 2.45) is 11.1 Å². The Labute approximate surface area is 87.4 Å². The molecule has 3 heteroatoms. The molecule has 0 saturated heterocycles. The van der Waals surface area contributed by atoms with Crippen LogP contribution in [0.4, 0.5) is 0 Å². The van der Waals surface area contributed by atoms with Gasteiger partial charge in [0.25, 0.3) is 0 Å². The van der Waals surface area contributed by atoms with Gasteiger partial charge in [-0.2, -0.15) is 0 Å². The predicted molar refractivity (Wildman–Crippen MR) is 60.2 cm³/mol. The highest BCUT2D eigenvalue weighted by atomic mass is 16.1. The van der Waals surface area contributed by atoms with E-state index in [0.29, 0.717) is 12.5 Å². The zero-order valence-electron chi connectivity index (χ0n) is 10.1. The number of ketones is 1. The number of nitrogens with one attached hydrogen (secondary N) is 1. The summed E-state index contributed by atoms with van der Waals surface area (Å²) in [6.45, 7) is 10.7. The van der Waals surface area contributed by atoms with Crippen molar-refractivity contribution in [1.82, 2.24) is 5.32 Å². The van der Waals surface area contributed by atoms with Gasteiger partial charge in [-0.25, -0.2) is 0 Å². The minimum Gasteiger partial charge on any atom is -0.321 e. The van der Waals surface area contributed by atoms with E-state index >= 15 is 0 Å². The average molecular weight is 200 g/mol. The van der Waals surface area contributed by atoms with Gasteiger partial charge in [-0.15, -0.1) is 0 Å². The van der Waals surface area contributed by atoms with Crippen molar-refractivity contribution in [3.8, 4) is 0 Å². The van der Waals surface area contributed by atoms with Crippen LogP contribution >= 0.6 is 0 Å². The molecular formula is C11H24N2O. The van der Waals surface area contributed by atoms with E-state index < -0.39 is 0 Å². The van der Waals surface area contributed by atoms with Crippen LogP contribution in [0.1, 0.15) is 41.0 Å². The highest BCUT2D eigenvalue weighted by Crippen LogP contribution is 2.16.